The van der Waals surface area contributed by atoms with E-state index in [9.17, 15) is 4.79 Å². The molecule has 1 aromatic carbocycles. The van der Waals surface area contributed by atoms with Crippen molar-refractivity contribution in [1.82, 2.24) is 4.98 Å². The Morgan fingerprint density at radius 1 is 1.26 bits per heavy atom. The number of hydrogen-bond acceptors (Lipinski definition) is 2. The molecule has 1 heterocycles. The highest BCUT2D eigenvalue weighted by atomic mass is 35.5. The van der Waals surface area contributed by atoms with Crippen molar-refractivity contribution in [3.05, 3.63) is 28.9 Å². The number of carbonyl (C=O) groups is 1. The van der Waals surface area contributed by atoms with E-state index >= 15 is 0 Å². The average Bonchev–Trinajstić information content (AvgIpc) is 2.75. The first-order chi connectivity index (χ1) is 9.16. The third-order valence-corrected chi connectivity index (χ3v) is 4.26. The minimum atomic E-state index is 0.125. The summed E-state index contributed by atoms with van der Waals surface area (Å²) >= 11 is 5.96. The number of benzene rings is 1. The van der Waals surface area contributed by atoms with Gasteiger partial charge in [-0.25, -0.2) is 0 Å². The van der Waals surface area contributed by atoms with Crippen LogP contribution in [-0.2, 0) is 0 Å². The zero-order chi connectivity index (χ0) is 13.4. The number of hydrogen-bond donors (Lipinski definition) is 2. The molecule has 0 unspecified atom stereocenters. The number of carbonyl (C=O) groups excluding carboxylic acids is 1. The second-order valence-electron chi connectivity index (χ2n) is 5.30. The van der Waals surface area contributed by atoms with Gasteiger partial charge in [-0.1, -0.05) is 30.9 Å². The van der Waals surface area contributed by atoms with Crippen molar-refractivity contribution in [3.63, 3.8) is 0 Å². The molecule has 0 saturated heterocycles. The van der Waals surface area contributed by atoms with Gasteiger partial charge in [-0.05, 0) is 31.0 Å². The van der Waals surface area contributed by atoms with Crippen molar-refractivity contribution in [2.24, 2.45) is 5.92 Å². The number of aromatic nitrogens is 1. The van der Waals surface area contributed by atoms with E-state index in [4.69, 9.17) is 17.3 Å². The van der Waals surface area contributed by atoms with E-state index in [1.54, 1.807) is 6.07 Å². The van der Waals surface area contributed by atoms with Crippen molar-refractivity contribution in [2.75, 3.05) is 5.73 Å². The maximum Gasteiger partial charge on any atom is 0.184 e. The predicted molar refractivity (Wildman–Crippen MR) is 78.6 cm³/mol. The van der Waals surface area contributed by atoms with Crippen LogP contribution in [0.2, 0.25) is 5.02 Å². The van der Waals surface area contributed by atoms with E-state index in [1.807, 2.05) is 12.1 Å². The molecule has 0 atom stereocenters. The number of aromatic amines is 1. The van der Waals surface area contributed by atoms with Crippen LogP contribution in [0.15, 0.2) is 18.2 Å². The first-order valence-corrected chi connectivity index (χ1v) is 7.15. The fourth-order valence-electron chi connectivity index (χ4n) is 2.95. The van der Waals surface area contributed by atoms with Crippen LogP contribution in [0.1, 0.15) is 42.6 Å². The van der Waals surface area contributed by atoms with Crippen molar-refractivity contribution in [2.45, 2.75) is 32.1 Å². The quantitative estimate of drug-likeness (QED) is 0.809. The number of halogens is 1. The van der Waals surface area contributed by atoms with Crippen LogP contribution in [-0.4, -0.2) is 10.8 Å². The molecule has 3 rings (SSSR count). The lowest BCUT2D eigenvalue weighted by Crippen LogP contribution is -2.19. The Morgan fingerprint density at radius 2 is 2.00 bits per heavy atom. The van der Waals surface area contributed by atoms with Crippen LogP contribution in [0.25, 0.3) is 10.9 Å². The summed E-state index contributed by atoms with van der Waals surface area (Å²) in [5.41, 5.74) is 8.06. The molecule has 0 radical (unpaired) electrons. The van der Waals surface area contributed by atoms with Gasteiger partial charge in [0.05, 0.1) is 5.69 Å². The number of fused-ring (bicyclic) bond motifs is 1. The summed E-state index contributed by atoms with van der Waals surface area (Å²) in [6.07, 6.45) is 5.48. The molecular weight excluding hydrogens is 260 g/mol. The molecule has 1 aliphatic carbocycles. The fourth-order valence-corrected chi connectivity index (χ4v) is 3.13. The van der Waals surface area contributed by atoms with Crippen LogP contribution in [0.4, 0.5) is 5.69 Å². The molecule has 3 nitrogen and oxygen atoms in total. The number of Topliss-reactive ketones (excluding diaryl/α,β-unsaturated/α-hetero) is 1. The Hall–Kier alpha value is -1.48. The number of anilines is 1. The highest BCUT2D eigenvalue weighted by Crippen LogP contribution is 2.32. The molecule has 1 aliphatic rings. The highest BCUT2D eigenvalue weighted by molar-refractivity contribution is 6.31. The number of nitrogens with one attached hydrogen (secondary N) is 1. The Bertz CT molecular complexity index is 626. The van der Waals surface area contributed by atoms with Gasteiger partial charge < -0.3 is 10.7 Å². The largest absolute Gasteiger partial charge is 0.396 e. The molecule has 3 N–H and O–H groups in total. The SMILES string of the molecule is Nc1c(C(=O)C2CCCCC2)[nH]c2cc(Cl)ccc12. The Kier molecular flexibility index (Phi) is 3.23. The average molecular weight is 277 g/mol. The fraction of sp³-hybridized carbons (Fsp3) is 0.400. The maximum absolute atomic E-state index is 12.5. The number of rotatable bonds is 2. The van der Waals surface area contributed by atoms with E-state index in [-0.39, 0.29) is 11.7 Å². The number of H-pyrrole nitrogens is 1. The Labute approximate surface area is 117 Å². The van der Waals surface area contributed by atoms with Crippen molar-refractivity contribution in [3.8, 4) is 0 Å². The van der Waals surface area contributed by atoms with E-state index in [0.717, 1.165) is 36.6 Å². The summed E-state index contributed by atoms with van der Waals surface area (Å²) in [7, 11) is 0. The summed E-state index contributed by atoms with van der Waals surface area (Å²) in [5.74, 6) is 0.282. The minimum Gasteiger partial charge on any atom is -0.396 e. The normalized spacial score (nSPS) is 16.9. The monoisotopic (exact) mass is 276 g/mol. The topological polar surface area (TPSA) is 58.9 Å². The van der Waals surface area contributed by atoms with E-state index in [2.05, 4.69) is 4.98 Å². The molecule has 1 fully saturated rings. The maximum atomic E-state index is 12.5. The molecular formula is C15H17ClN2O. The molecule has 1 saturated carbocycles. The van der Waals surface area contributed by atoms with Gasteiger partial charge in [0.1, 0.15) is 5.69 Å². The van der Waals surface area contributed by atoms with E-state index in [1.165, 1.54) is 6.42 Å². The smallest absolute Gasteiger partial charge is 0.184 e. The second-order valence-corrected chi connectivity index (χ2v) is 5.74. The van der Waals surface area contributed by atoms with Gasteiger partial charge in [-0.2, -0.15) is 0 Å². The number of nitrogen functional groups attached to an aromatic ring is 1. The molecule has 19 heavy (non-hydrogen) atoms. The van der Waals surface area contributed by atoms with Crippen LogP contribution >= 0.6 is 11.6 Å². The summed E-state index contributed by atoms with van der Waals surface area (Å²) < 4.78 is 0. The van der Waals surface area contributed by atoms with Gasteiger partial charge in [0, 0.05) is 21.8 Å². The predicted octanol–water partition coefficient (Wildman–Crippen LogP) is 4.17. The third-order valence-electron chi connectivity index (χ3n) is 4.02. The first kappa shape index (κ1) is 12.5. The van der Waals surface area contributed by atoms with Crippen LogP contribution in [0.3, 0.4) is 0 Å². The van der Waals surface area contributed by atoms with Crippen molar-refractivity contribution < 1.29 is 4.79 Å². The standard InChI is InChI=1S/C15H17ClN2O/c16-10-6-7-11-12(8-10)18-14(13(11)17)15(19)9-4-2-1-3-5-9/h6-9,18H,1-5,17H2. The Morgan fingerprint density at radius 3 is 2.74 bits per heavy atom. The van der Waals surface area contributed by atoms with Gasteiger partial charge in [0.25, 0.3) is 0 Å². The highest BCUT2D eigenvalue weighted by Gasteiger charge is 2.25. The van der Waals surface area contributed by atoms with Gasteiger partial charge >= 0.3 is 0 Å². The van der Waals surface area contributed by atoms with Crippen molar-refractivity contribution in [1.29, 1.82) is 0 Å². The third kappa shape index (κ3) is 2.23. The lowest BCUT2D eigenvalue weighted by Gasteiger charge is -2.19. The second kappa shape index (κ2) is 4.89. The molecule has 0 bridgehead atoms. The molecule has 0 amide bonds. The molecule has 100 valence electrons. The summed E-state index contributed by atoms with van der Waals surface area (Å²) in [6, 6.07) is 5.47. The molecule has 0 aliphatic heterocycles. The summed E-state index contributed by atoms with van der Waals surface area (Å²) in [6.45, 7) is 0. The summed E-state index contributed by atoms with van der Waals surface area (Å²) in [5, 5.41) is 1.52. The van der Waals surface area contributed by atoms with E-state index in [0.29, 0.717) is 16.4 Å². The lowest BCUT2D eigenvalue weighted by atomic mass is 9.85. The lowest BCUT2D eigenvalue weighted by molar-refractivity contribution is 0.0886. The van der Waals surface area contributed by atoms with Crippen LogP contribution in [0.5, 0.6) is 0 Å². The van der Waals surface area contributed by atoms with Crippen LogP contribution in [0, 0.1) is 5.92 Å². The van der Waals surface area contributed by atoms with Gasteiger partial charge in [-0.3, -0.25) is 4.79 Å². The summed E-state index contributed by atoms with van der Waals surface area (Å²) in [4.78, 5) is 15.7. The number of nitrogens with two attached hydrogens (primary N) is 1. The Balaban J connectivity index is 2.00. The van der Waals surface area contributed by atoms with Crippen LogP contribution < -0.4 is 5.73 Å². The zero-order valence-electron chi connectivity index (χ0n) is 10.7. The van der Waals surface area contributed by atoms with Crippen molar-refractivity contribution >= 4 is 34.0 Å². The molecule has 4 heteroatoms. The molecule has 1 aromatic heterocycles. The molecule has 2 aromatic rings. The van der Waals surface area contributed by atoms with Gasteiger partial charge in [0.2, 0.25) is 0 Å². The number of ketones is 1. The van der Waals surface area contributed by atoms with Gasteiger partial charge in [-0.15, -0.1) is 0 Å². The van der Waals surface area contributed by atoms with Gasteiger partial charge in [0.15, 0.2) is 5.78 Å². The molecule has 0 spiro atoms. The first-order valence-electron chi connectivity index (χ1n) is 6.77. The zero-order valence-corrected chi connectivity index (χ0v) is 11.5. The van der Waals surface area contributed by atoms with E-state index < -0.39 is 0 Å². The minimum absolute atomic E-state index is 0.125.